The minimum atomic E-state index is -0.397. The van der Waals surface area contributed by atoms with E-state index in [1.807, 2.05) is 0 Å². The molecule has 0 radical (unpaired) electrons. The van der Waals surface area contributed by atoms with E-state index in [1.54, 1.807) is 6.92 Å². The third kappa shape index (κ3) is 1.32. The van der Waals surface area contributed by atoms with Gasteiger partial charge < -0.3 is 4.74 Å². The number of carbonyl (C=O) groups is 1. The SMILES string of the molecule is CC(N=O)[C@@H]1CCC(=O)O1. The van der Waals surface area contributed by atoms with Gasteiger partial charge in [0, 0.05) is 6.42 Å². The summed E-state index contributed by atoms with van der Waals surface area (Å²) in [4.78, 5) is 20.5. The number of carbonyl (C=O) groups excluding carboxylic acids is 1. The van der Waals surface area contributed by atoms with Gasteiger partial charge in [0.1, 0.15) is 12.1 Å². The Morgan fingerprint density at radius 3 is 2.90 bits per heavy atom. The van der Waals surface area contributed by atoms with Gasteiger partial charge in [-0.25, -0.2) is 0 Å². The third-order valence-electron chi connectivity index (χ3n) is 1.62. The zero-order valence-corrected chi connectivity index (χ0v) is 5.74. The van der Waals surface area contributed by atoms with Crippen LogP contribution in [0.4, 0.5) is 0 Å². The highest BCUT2D eigenvalue weighted by atomic mass is 16.6. The van der Waals surface area contributed by atoms with E-state index in [0.29, 0.717) is 12.8 Å². The van der Waals surface area contributed by atoms with E-state index < -0.39 is 6.04 Å². The van der Waals surface area contributed by atoms with E-state index in [1.165, 1.54) is 0 Å². The molecule has 0 bridgehead atoms. The number of esters is 1. The summed E-state index contributed by atoms with van der Waals surface area (Å²) >= 11 is 0. The fraction of sp³-hybridized carbons (Fsp3) is 0.833. The highest BCUT2D eigenvalue weighted by Gasteiger charge is 2.28. The van der Waals surface area contributed by atoms with Gasteiger partial charge in [-0.1, -0.05) is 5.18 Å². The molecule has 1 heterocycles. The fourth-order valence-corrected chi connectivity index (χ4v) is 0.954. The minimum Gasteiger partial charge on any atom is -0.460 e. The van der Waals surface area contributed by atoms with Crippen molar-refractivity contribution in [2.24, 2.45) is 5.18 Å². The van der Waals surface area contributed by atoms with Crippen molar-refractivity contribution in [1.82, 2.24) is 0 Å². The second-order valence-electron chi connectivity index (χ2n) is 2.41. The highest BCUT2D eigenvalue weighted by molar-refractivity contribution is 5.71. The van der Waals surface area contributed by atoms with E-state index in [0.717, 1.165) is 0 Å². The first-order chi connectivity index (χ1) is 4.74. The second kappa shape index (κ2) is 2.77. The molecule has 1 saturated heterocycles. The van der Waals surface area contributed by atoms with Gasteiger partial charge in [0.2, 0.25) is 0 Å². The van der Waals surface area contributed by atoms with Crippen molar-refractivity contribution in [2.75, 3.05) is 0 Å². The lowest BCUT2D eigenvalue weighted by Crippen LogP contribution is -2.20. The first-order valence-corrected chi connectivity index (χ1v) is 3.26. The lowest BCUT2D eigenvalue weighted by molar-refractivity contribution is -0.141. The van der Waals surface area contributed by atoms with Gasteiger partial charge in [0.25, 0.3) is 0 Å². The summed E-state index contributed by atoms with van der Waals surface area (Å²) in [5.74, 6) is -0.222. The first kappa shape index (κ1) is 7.18. The molecular formula is C6H9NO3. The fourth-order valence-electron chi connectivity index (χ4n) is 0.954. The molecule has 2 atom stereocenters. The highest BCUT2D eigenvalue weighted by Crippen LogP contribution is 2.18. The number of cyclic esters (lactones) is 1. The van der Waals surface area contributed by atoms with Crippen LogP contribution >= 0.6 is 0 Å². The Kier molecular flexibility index (Phi) is 1.99. The first-order valence-electron chi connectivity index (χ1n) is 3.26. The Morgan fingerprint density at radius 2 is 2.50 bits per heavy atom. The van der Waals surface area contributed by atoms with Crippen LogP contribution in [0.2, 0.25) is 0 Å². The van der Waals surface area contributed by atoms with Crippen molar-refractivity contribution in [3.8, 4) is 0 Å². The van der Waals surface area contributed by atoms with Crippen LogP contribution < -0.4 is 0 Å². The molecule has 0 aromatic rings. The molecule has 0 aromatic carbocycles. The summed E-state index contributed by atoms with van der Waals surface area (Å²) in [6.45, 7) is 1.65. The van der Waals surface area contributed by atoms with Crippen molar-refractivity contribution < 1.29 is 9.53 Å². The predicted molar refractivity (Wildman–Crippen MR) is 34.4 cm³/mol. The molecule has 1 rings (SSSR count). The van der Waals surface area contributed by atoms with E-state index >= 15 is 0 Å². The summed E-state index contributed by atoms with van der Waals surface area (Å²) in [7, 11) is 0. The molecule has 0 saturated carbocycles. The molecule has 56 valence electrons. The summed E-state index contributed by atoms with van der Waals surface area (Å²) in [5.41, 5.74) is 0. The predicted octanol–water partition coefficient (Wildman–Crippen LogP) is 0.847. The van der Waals surface area contributed by atoms with Crippen molar-refractivity contribution in [3.05, 3.63) is 4.91 Å². The number of nitroso groups, excluding NO2 is 1. The summed E-state index contributed by atoms with van der Waals surface area (Å²) in [6, 6.07) is -0.397. The molecule has 4 nitrogen and oxygen atoms in total. The number of hydrogen-bond donors (Lipinski definition) is 0. The Hall–Kier alpha value is -0.930. The third-order valence-corrected chi connectivity index (χ3v) is 1.62. The molecule has 1 aliphatic heterocycles. The lowest BCUT2D eigenvalue weighted by atomic mass is 10.1. The molecule has 1 aliphatic rings. The summed E-state index contributed by atoms with van der Waals surface area (Å²) < 4.78 is 4.78. The van der Waals surface area contributed by atoms with Crippen molar-refractivity contribution >= 4 is 5.97 Å². The summed E-state index contributed by atoms with van der Waals surface area (Å²) in [6.07, 6.45) is 0.779. The van der Waals surface area contributed by atoms with Crippen LogP contribution in [-0.2, 0) is 9.53 Å². The largest absolute Gasteiger partial charge is 0.460 e. The Morgan fingerprint density at radius 1 is 1.80 bits per heavy atom. The average molecular weight is 143 g/mol. The topological polar surface area (TPSA) is 55.7 Å². The van der Waals surface area contributed by atoms with Crippen LogP contribution in [0.25, 0.3) is 0 Å². The number of hydrogen-bond acceptors (Lipinski definition) is 4. The van der Waals surface area contributed by atoms with E-state index in [-0.39, 0.29) is 12.1 Å². The monoisotopic (exact) mass is 143 g/mol. The molecule has 0 amide bonds. The van der Waals surface area contributed by atoms with Gasteiger partial charge in [0.05, 0.1) is 0 Å². The maximum Gasteiger partial charge on any atom is 0.306 e. The maximum atomic E-state index is 10.5. The summed E-state index contributed by atoms with van der Waals surface area (Å²) in [5, 5.41) is 2.78. The molecule has 0 aromatic heterocycles. The average Bonchev–Trinajstić information content (AvgIpc) is 2.34. The zero-order chi connectivity index (χ0) is 7.56. The smallest absolute Gasteiger partial charge is 0.306 e. The Balaban J connectivity index is 2.43. The van der Waals surface area contributed by atoms with Crippen molar-refractivity contribution in [3.63, 3.8) is 0 Å². The second-order valence-corrected chi connectivity index (χ2v) is 2.41. The van der Waals surface area contributed by atoms with Crippen molar-refractivity contribution in [2.45, 2.75) is 31.9 Å². The quantitative estimate of drug-likeness (QED) is 0.425. The molecule has 0 N–H and O–H groups in total. The van der Waals surface area contributed by atoms with Gasteiger partial charge in [-0.3, -0.25) is 4.79 Å². The lowest BCUT2D eigenvalue weighted by Gasteiger charge is -2.09. The molecule has 0 spiro atoms. The van der Waals surface area contributed by atoms with Gasteiger partial charge >= 0.3 is 5.97 Å². The normalized spacial score (nSPS) is 27.7. The van der Waals surface area contributed by atoms with Crippen LogP contribution in [0.5, 0.6) is 0 Å². The maximum absolute atomic E-state index is 10.5. The minimum absolute atomic E-state index is 0.222. The van der Waals surface area contributed by atoms with Crippen LogP contribution in [-0.4, -0.2) is 18.1 Å². The van der Waals surface area contributed by atoms with Gasteiger partial charge in [-0.05, 0) is 13.3 Å². The van der Waals surface area contributed by atoms with Crippen LogP contribution in [0.3, 0.4) is 0 Å². The van der Waals surface area contributed by atoms with E-state index in [4.69, 9.17) is 4.74 Å². The molecule has 0 aliphatic carbocycles. The van der Waals surface area contributed by atoms with Gasteiger partial charge in [-0.15, -0.1) is 0 Å². The molecule has 10 heavy (non-hydrogen) atoms. The number of ether oxygens (including phenoxy) is 1. The standard InChI is InChI=1S/C6H9NO3/c1-4(7-9)5-2-3-6(8)10-5/h4-5H,2-3H2,1H3/t4?,5-/m0/s1. The molecule has 4 heteroatoms. The molecule has 1 unspecified atom stereocenters. The molecule has 1 fully saturated rings. The molecular weight excluding hydrogens is 134 g/mol. The number of nitrogens with zero attached hydrogens (tertiary/aromatic N) is 1. The van der Waals surface area contributed by atoms with Gasteiger partial charge in [-0.2, -0.15) is 4.91 Å². The van der Waals surface area contributed by atoms with Crippen LogP contribution in [0, 0.1) is 4.91 Å². The Labute approximate surface area is 58.5 Å². The van der Waals surface area contributed by atoms with Gasteiger partial charge in [0.15, 0.2) is 0 Å². The Bertz CT molecular complexity index is 157. The van der Waals surface area contributed by atoms with E-state index in [9.17, 15) is 9.70 Å². The zero-order valence-electron chi connectivity index (χ0n) is 5.74. The van der Waals surface area contributed by atoms with Crippen LogP contribution in [0.1, 0.15) is 19.8 Å². The van der Waals surface area contributed by atoms with E-state index in [2.05, 4.69) is 5.18 Å². The van der Waals surface area contributed by atoms with Crippen LogP contribution in [0.15, 0.2) is 5.18 Å². The number of rotatable bonds is 2. The van der Waals surface area contributed by atoms with Crippen molar-refractivity contribution in [1.29, 1.82) is 0 Å².